The highest BCUT2D eigenvalue weighted by Gasteiger charge is 2.12. The molecule has 0 aromatic carbocycles. The van der Waals surface area contributed by atoms with E-state index < -0.39 is 0 Å². The summed E-state index contributed by atoms with van der Waals surface area (Å²) >= 11 is 5.27. The average Bonchev–Trinajstić information content (AvgIpc) is 2.59. The minimum Gasteiger partial charge on any atom is -0.315 e. The zero-order chi connectivity index (χ0) is 11.3. The molecule has 0 aliphatic heterocycles. The van der Waals surface area contributed by atoms with E-state index >= 15 is 0 Å². The summed E-state index contributed by atoms with van der Waals surface area (Å²) < 4.78 is 1.19. The maximum absolute atomic E-state index is 3.46. The number of nitrogens with one attached hydrogen (secondary N) is 2. The Morgan fingerprint density at radius 3 is 2.73 bits per heavy atom. The van der Waals surface area contributed by atoms with Gasteiger partial charge in [-0.3, -0.25) is 0 Å². The first-order valence-corrected chi connectivity index (χ1v) is 6.83. The molecule has 2 N–H and O–H groups in total. The van der Waals surface area contributed by atoms with Gasteiger partial charge < -0.3 is 10.6 Å². The fraction of sp³-hybridized carbons (Fsp3) is 0.636. The first-order valence-electron chi connectivity index (χ1n) is 5.16. The van der Waals surface area contributed by atoms with E-state index in [4.69, 9.17) is 0 Å². The topological polar surface area (TPSA) is 24.1 Å². The summed E-state index contributed by atoms with van der Waals surface area (Å²) in [6, 6.07) is 2.19. The van der Waals surface area contributed by atoms with Gasteiger partial charge in [-0.05, 0) is 49.3 Å². The van der Waals surface area contributed by atoms with Gasteiger partial charge in [-0.2, -0.15) is 0 Å². The first kappa shape index (κ1) is 13.2. The molecule has 0 spiro atoms. The van der Waals surface area contributed by atoms with Crippen molar-refractivity contribution < 1.29 is 0 Å². The van der Waals surface area contributed by atoms with E-state index in [2.05, 4.69) is 51.9 Å². The maximum Gasteiger partial charge on any atom is 0.0285 e. The van der Waals surface area contributed by atoms with Gasteiger partial charge in [0.05, 0.1) is 0 Å². The van der Waals surface area contributed by atoms with Crippen molar-refractivity contribution in [2.45, 2.75) is 25.8 Å². The molecule has 0 saturated carbocycles. The second-order valence-electron chi connectivity index (χ2n) is 4.29. The summed E-state index contributed by atoms with van der Waals surface area (Å²) in [7, 11) is 2.00. The third-order valence-electron chi connectivity index (χ3n) is 2.41. The molecule has 0 aliphatic carbocycles. The molecule has 4 heteroatoms. The summed E-state index contributed by atoms with van der Waals surface area (Å²) in [4.78, 5) is 1.43. The molecule has 1 heterocycles. The lowest BCUT2D eigenvalue weighted by molar-refractivity contribution is 0.395. The van der Waals surface area contributed by atoms with Gasteiger partial charge in [0.2, 0.25) is 0 Å². The second kappa shape index (κ2) is 5.99. The predicted octanol–water partition coefficient (Wildman–Crippen LogP) is 2.64. The quantitative estimate of drug-likeness (QED) is 0.787. The average molecular weight is 291 g/mol. The van der Waals surface area contributed by atoms with Crippen molar-refractivity contribution in [1.82, 2.24) is 10.6 Å². The highest BCUT2D eigenvalue weighted by molar-refractivity contribution is 9.10. The summed E-state index contributed by atoms with van der Waals surface area (Å²) in [5.74, 6) is 0. The van der Waals surface area contributed by atoms with Crippen molar-refractivity contribution in [3.05, 3.63) is 20.8 Å². The Morgan fingerprint density at radius 2 is 2.20 bits per heavy atom. The van der Waals surface area contributed by atoms with Crippen LogP contribution in [0.25, 0.3) is 0 Å². The number of halogens is 1. The van der Waals surface area contributed by atoms with Crippen LogP contribution in [0.3, 0.4) is 0 Å². The van der Waals surface area contributed by atoms with E-state index in [1.54, 1.807) is 0 Å². The van der Waals surface area contributed by atoms with E-state index in [-0.39, 0.29) is 5.54 Å². The van der Waals surface area contributed by atoms with Gasteiger partial charge in [0, 0.05) is 33.4 Å². The molecule has 0 amide bonds. The van der Waals surface area contributed by atoms with E-state index in [9.17, 15) is 0 Å². The number of rotatable bonds is 6. The van der Waals surface area contributed by atoms with Crippen LogP contribution in [0.15, 0.2) is 15.9 Å². The molecule has 0 atom stereocenters. The van der Waals surface area contributed by atoms with Crippen LogP contribution in [0.4, 0.5) is 0 Å². The Labute approximate surface area is 105 Å². The molecular formula is C11H19BrN2S. The SMILES string of the molecule is CNC(C)(C)CNCCc1cc(Br)cs1. The third kappa shape index (κ3) is 5.11. The van der Waals surface area contributed by atoms with Gasteiger partial charge in [-0.1, -0.05) is 0 Å². The van der Waals surface area contributed by atoms with Crippen LogP contribution < -0.4 is 10.6 Å². The smallest absolute Gasteiger partial charge is 0.0285 e. The van der Waals surface area contributed by atoms with Gasteiger partial charge in [0.1, 0.15) is 0 Å². The fourth-order valence-electron chi connectivity index (χ4n) is 1.19. The standard InChI is InChI=1S/C11H19BrN2S/c1-11(2,13-3)8-14-5-4-10-6-9(12)7-15-10/h6-7,13-14H,4-5,8H2,1-3H3. The summed E-state index contributed by atoms with van der Waals surface area (Å²) in [5.41, 5.74) is 0.177. The number of hydrogen-bond donors (Lipinski definition) is 2. The highest BCUT2D eigenvalue weighted by atomic mass is 79.9. The van der Waals surface area contributed by atoms with Gasteiger partial charge in [-0.25, -0.2) is 0 Å². The molecule has 1 rings (SSSR count). The van der Waals surface area contributed by atoms with Gasteiger partial charge >= 0.3 is 0 Å². The Hall–Kier alpha value is 0.1000. The summed E-state index contributed by atoms with van der Waals surface area (Å²) in [6.45, 7) is 6.43. The largest absolute Gasteiger partial charge is 0.315 e. The monoisotopic (exact) mass is 290 g/mol. The van der Waals surface area contributed by atoms with Gasteiger partial charge in [-0.15, -0.1) is 11.3 Å². The molecule has 1 aromatic rings. The Balaban J connectivity index is 2.17. The third-order valence-corrected chi connectivity index (χ3v) is 4.17. The van der Waals surface area contributed by atoms with Crippen LogP contribution >= 0.6 is 27.3 Å². The van der Waals surface area contributed by atoms with E-state index in [0.717, 1.165) is 19.5 Å². The fourth-order valence-corrected chi connectivity index (χ4v) is 2.64. The minimum absolute atomic E-state index is 0.177. The molecule has 0 aliphatic rings. The highest BCUT2D eigenvalue weighted by Crippen LogP contribution is 2.19. The van der Waals surface area contributed by atoms with Gasteiger partial charge in [0.15, 0.2) is 0 Å². The number of likely N-dealkylation sites (N-methyl/N-ethyl adjacent to an activating group) is 1. The molecule has 0 saturated heterocycles. The number of hydrogen-bond acceptors (Lipinski definition) is 3. The molecule has 86 valence electrons. The predicted molar refractivity (Wildman–Crippen MR) is 71.7 cm³/mol. The molecule has 0 fully saturated rings. The van der Waals surface area contributed by atoms with Crippen LogP contribution in [-0.2, 0) is 6.42 Å². The Morgan fingerprint density at radius 1 is 1.47 bits per heavy atom. The van der Waals surface area contributed by atoms with Crippen LogP contribution in [0, 0.1) is 0 Å². The second-order valence-corrected chi connectivity index (χ2v) is 6.20. The molecule has 15 heavy (non-hydrogen) atoms. The Bertz CT molecular complexity index is 297. The van der Waals surface area contributed by atoms with Crippen molar-refractivity contribution in [3.8, 4) is 0 Å². The lowest BCUT2D eigenvalue weighted by Crippen LogP contribution is -2.46. The van der Waals surface area contributed by atoms with Crippen molar-refractivity contribution in [1.29, 1.82) is 0 Å². The van der Waals surface area contributed by atoms with Crippen molar-refractivity contribution >= 4 is 27.3 Å². The molecular weight excluding hydrogens is 272 g/mol. The molecule has 0 bridgehead atoms. The van der Waals surface area contributed by atoms with E-state index in [1.807, 2.05) is 18.4 Å². The van der Waals surface area contributed by atoms with Crippen LogP contribution in [0.1, 0.15) is 18.7 Å². The molecule has 0 unspecified atom stereocenters. The van der Waals surface area contributed by atoms with E-state index in [1.165, 1.54) is 9.35 Å². The lowest BCUT2D eigenvalue weighted by Gasteiger charge is -2.24. The normalized spacial score (nSPS) is 12.0. The van der Waals surface area contributed by atoms with Crippen molar-refractivity contribution in [2.24, 2.45) is 0 Å². The van der Waals surface area contributed by atoms with E-state index in [0.29, 0.717) is 0 Å². The minimum atomic E-state index is 0.177. The Kier molecular flexibility index (Phi) is 5.26. The maximum atomic E-state index is 3.46. The van der Waals surface area contributed by atoms with Crippen molar-refractivity contribution in [3.63, 3.8) is 0 Å². The number of thiophene rings is 1. The summed E-state index contributed by atoms with van der Waals surface area (Å²) in [6.07, 6.45) is 1.11. The van der Waals surface area contributed by atoms with Crippen LogP contribution in [0.5, 0.6) is 0 Å². The first-order chi connectivity index (χ1) is 7.03. The summed E-state index contributed by atoms with van der Waals surface area (Å²) in [5, 5.41) is 8.87. The zero-order valence-electron chi connectivity index (χ0n) is 9.56. The van der Waals surface area contributed by atoms with Crippen LogP contribution in [0.2, 0.25) is 0 Å². The van der Waals surface area contributed by atoms with Gasteiger partial charge in [0.25, 0.3) is 0 Å². The van der Waals surface area contributed by atoms with Crippen LogP contribution in [-0.4, -0.2) is 25.7 Å². The zero-order valence-corrected chi connectivity index (χ0v) is 12.0. The molecule has 0 radical (unpaired) electrons. The molecule has 1 aromatic heterocycles. The lowest BCUT2D eigenvalue weighted by atomic mass is 10.1. The molecule has 2 nitrogen and oxygen atoms in total. The van der Waals surface area contributed by atoms with Crippen molar-refractivity contribution in [2.75, 3.05) is 20.1 Å².